The minimum atomic E-state index is -0.0806. The summed E-state index contributed by atoms with van der Waals surface area (Å²) >= 11 is 1.57. The highest BCUT2D eigenvalue weighted by molar-refractivity contribution is 7.21. The van der Waals surface area contributed by atoms with E-state index in [4.69, 9.17) is 0 Å². The van der Waals surface area contributed by atoms with Gasteiger partial charge in [0.2, 0.25) is 0 Å². The van der Waals surface area contributed by atoms with Crippen molar-refractivity contribution in [3.8, 4) is 10.6 Å². The van der Waals surface area contributed by atoms with E-state index in [1.165, 1.54) is 0 Å². The summed E-state index contributed by atoms with van der Waals surface area (Å²) in [6.07, 6.45) is 3.64. The predicted octanol–water partition coefficient (Wildman–Crippen LogP) is 4.60. The minimum Gasteiger partial charge on any atom is -0.348 e. The molecule has 26 heavy (non-hydrogen) atoms. The number of aryl methyl sites for hydroxylation is 1. The fourth-order valence-electron chi connectivity index (χ4n) is 2.74. The Bertz CT molecular complexity index is 1070. The molecule has 0 bridgehead atoms. The number of nitrogens with zero attached hydrogens (tertiary/aromatic N) is 2. The first kappa shape index (κ1) is 16.4. The van der Waals surface area contributed by atoms with Gasteiger partial charge in [0, 0.05) is 30.1 Å². The molecule has 0 unspecified atom stereocenters. The van der Waals surface area contributed by atoms with Gasteiger partial charge in [0.1, 0.15) is 5.01 Å². The van der Waals surface area contributed by atoms with Gasteiger partial charge < -0.3 is 5.32 Å². The summed E-state index contributed by atoms with van der Waals surface area (Å²) in [6, 6.07) is 17.6. The second-order valence-electron chi connectivity index (χ2n) is 6.12. The largest absolute Gasteiger partial charge is 0.348 e. The van der Waals surface area contributed by atoms with Crippen LogP contribution in [0.4, 0.5) is 0 Å². The Morgan fingerprint density at radius 3 is 2.73 bits per heavy atom. The number of fused-ring (bicyclic) bond motifs is 1. The maximum atomic E-state index is 12.4. The molecule has 2 aromatic heterocycles. The Morgan fingerprint density at radius 1 is 1.08 bits per heavy atom. The van der Waals surface area contributed by atoms with Crippen molar-refractivity contribution >= 4 is 27.5 Å². The fourth-order valence-corrected chi connectivity index (χ4v) is 3.73. The topological polar surface area (TPSA) is 54.9 Å². The third-order valence-corrected chi connectivity index (χ3v) is 5.14. The summed E-state index contributed by atoms with van der Waals surface area (Å²) < 4.78 is 0.994. The fraction of sp³-hybridized carbons (Fsp3) is 0.0952. The van der Waals surface area contributed by atoms with Gasteiger partial charge in [0.05, 0.1) is 10.2 Å². The van der Waals surface area contributed by atoms with Crippen LogP contribution in [0.1, 0.15) is 21.5 Å². The zero-order chi connectivity index (χ0) is 17.9. The molecule has 0 saturated carbocycles. The van der Waals surface area contributed by atoms with Crippen LogP contribution >= 0.6 is 11.3 Å². The highest BCUT2D eigenvalue weighted by Gasteiger charge is 2.11. The summed E-state index contributed by atoms with van der Waals surface area (Å²) in [4.78, 5) is 21.3. The van der Waals surface area contributed by atoms with E-state index in [1.807, 2.05) is 67.8 Å². The zero-order valence-electron chi connectivity index (χ0n) is 14.3. The van der Waals surface area contributed by atoms with E-state index in [-0.39, 0.29) is 5.91 Å². The van der Waals surface area contributed by atoms with Crippen LogP contribution in [0.25, 0.3) is 20.8 Å². The lowest BCUT2D eigenvalue weighted by Gasteiger charge is -2.05. The van der Waals surface area contributed by atoms with E-state index < -0.39 is 0 Å². The van der Waals surface area contributed by atoms with E-state index in [1.54, 1.807) is 11.3 Å². The summed E-state index contributed by atoms with van der Waals surface area (Å²) in [6.45, 7) is 2.53. The van der Waals surface area contributed by atoms with Crippen molar-refractivity contribution < 1.29 is 4.79 Å². The molecule has 0 radical (unpaired) electrons. The minimum absolute atomic E-state index is 0.0806. The molecule has 0 atom stereocenters. The second kappa shape index (κ2) is 7.06. The molecule has 4 rings (SSSR count). The first-order valence-corrected chi connectivity index (χ1v) is 9.15. The van der Waals surface area contributed by atoms with Gasteiger partial charge in [-0.3, -0.25) is 9.78 Å². The van der Waals surface area contributed by atoms with Gasteiger partial charge in [-0.05, 0) is 42.3 Å². The average molecular weight is 359 g/mol. The van der Waals surface area contributed by atoms with Crippen LogP contribution in [0, 0.1) is 6.92 Å². The summed E-state index contributed by atoms with van der Waals surface area (Å²) in [5, 5.41) is 3.88. The van der Waals surface area contributed by atoms with Gasteiger partial charge >= 0.3 is 0 Å². The molecular weight excluding hydrogens is 342 g/mol. The number of carbonyl (C=O) groups is 1. The van der Waals surface area contributed by atoms with Crippen molar-refractivity contribution in [1.82, 2.24) is 15.3 Å². The Morgan fingerprint density at radius 2 is 1.92 bits per heavy atom. The third-order valence-electron chi connectivity index (χ3n) is 4.07. The number of aromatic nitrogens is 2. The number of pyridine rings is 1. The molecule has 0 aliphatic rings. The molecule has 128 valence electrons. The maximum Gasteiger partial charge on any atom is 0.251 e. The van der Waals surface area contributed by atoms with Crippen molar-refractivity contribution in [2.75, 3.05) is 0 Å². The highest BCUT2D eigenvalue weighted by Crippen LogP contribution is 2.30. The Hall–Kier alpha value is -3.05. The SMILES string of the molecule is Cc1cncc(-c2nc3ccc(C(=O)NCc4ccccc4)cc3s2)c1. The van der Waals surface area contributed by atoms with Gasteiger partial charge in [0.25, 0.3) is 5.91 Å². The first-order valence-electron chi connectivity index (χ1n) is 8.34. The van der Waals surface area contributed by atoms with E-state index in [0.29, 0.717) is 12.1 Å². The molecule has 0 spiro atoms. The molecule has 1 N–H and O–H groups in total. The summed E-state index contributed by atoms with van der Waals surface area (Å²) in [5.41, 5.74) is 4.72. The Kier molecular flexibility index (Phi) is 4.46. The van der Waals surface area contributed by atoms with Crippen LogP contribution < -0.4 is 5.32 Å². The number of nitrogens with one attached hydrogen (secondary N) is 1. The average Bonchev–Trinajstić information content (AvgIpc) is 3.10. The van der Waals surface area contributed by atoms with Crippen molar-refractivity contribution in [3.63, 3.8) is 0 Å². The van der Waals surface area contributed by atoms with Crippen molar-refractivity contribution in [2.24, 2.45) is 0 Å². The number of amides is 1. The number of hydrogen-bond donors (Lipinski definition) is 1. The molecule has 4 aromatic rings. The predicted molar refractivity (Wildman–Crippen MR) is 105 cm³/mol. The molecule has 1 amide bonds. The molecule has 2 aromatic carbocycles. The van der Waals surface area contributed by atoms with Gasteiger partial charge in [0.15, 0.2) is 0 Å². The molecule has 4 nitrogen and oxygen atoms in total. The quantitative estimate of drug-likeness (QED) is 0.579. The number of benzene rings is 2. The lowest BCUT2D eigenvalue weighted by atomic mass is 10.2. The van der Waals surface area contributed by atoms with Gasteiger partial charge in [-0.1, -0.05) is 30.3 Å². The number of hydrogen-bond acceptors (Lipinski definition) is 4. The zero-order valence-corrected chi connectivity index (χ0v) is 15.1. The van der Waals surface area contributed by atoms with E-state index in [0.717, 1.165) is 31.9 Å². The standard InChI is InChI=1S/C21H17N3OS/c1-14-9-17(13-22-11-14)21-24-18-8-7-16(10-19(18)26-21)20(25)23-12-15-5-3-2-4-6-15/h2-11,13H,12H2,1H3,(H,23,25). The van der Waals surface area contributed by atoms with Crippen LogP contribution in [-0.4, -0.2) is 15.9 Å². The van der Waals surface area contributed by atoms with Crippen molar-refractivity contribution in [2.45, 2.75) is 13.5 Å². The van der Waals surface area contributed by atoms with E-state index in [9.17, 15) is 4.79 Å². The summed E-state index contributed by atoms with van der Waals surface area (Å²) in [5.74, 6) is -0.0806. The number of carbonyl (C=O) groups excluding carboxylic acids is 1. The smallest absolute Gasteiger partial charge is 0.251 e. The van der Waals surface area contributed by atoms with Crippen LogP contribution in [0.15, 0.2) is 67.0 Å². The lowest BCUT2D eigenvalue weighted by Crippen LogP contribution is -2.22. The third kappa shape index (κ3) is 3.48. The van der Waals surface area contributed by atoms with Gasteiger partial charge in [-0.25, -0.2) is 4.98 Å². The summed E-state index contributed by atoms with van der Waals surface area (Å²) in [7, 11) is 0. The Labute approximate surface area is 155 Å². The normalized spacial score (nSPS) is 10.8. The Balaban J connectivity index is 1.56. The van der Waals surface area contributed by atoms with Crippen LogP contribution in [0.2, 0.25) is 0 Å². The van der Waals surface area contributed by atoms with Crippen LogP contribution in [-0.2, 0) is 6.54 Å². The van der Waals surface area contributed by atoms with Gasteiger partial charge in [-0.2, -0.15) is 0 Å². The lowest BCUT2D eigenvalue weighted by molar-refractivity contribution is 0.0951. The molecule has 0 aliphatic carbocycles. The molecule has 5 heteroatoms. The molecule has 0 aliphatic heterocycles. The first-order chi connectivity index (χ1) is 12.7. The second-order valence-corrected chi connectivity index (χ2v) is 7.15. The van der Waals surface area contributed by atoms with Crippen LogP contribution in [0.5, 0.6) is 0 Å². The van der Waals surface area contributed by atoms with Crippen molar-refractivity contribution in [1.29, 1.82) is 0 Å². The van der Waals surface area contributed by atoms with E-state index in [2.05, 4.69) is 21.4 Å². The molecular formula is C21H17N3OS. The van der Waals surface area contributed by atoms with Gasteiger partial charge in [-0.15, -0.1) is 11.3 Å². The number of rotatable bonds is 4. The molecule has 0 fully saturated rings. The van der Waals surface area contributed by atoms with Crippen molar-refractivity contribution in [3.05, 3.63) is 83.7 Å². The number of thiazole rings is 1. The maximum absolute atomic E-state index is 12.4. The highest BCUT2D eigenvalue weighted by atomic mass is 32.1. The molecule has 2 heterocycles. The monoisotopic (exact) mass is 359 g/mol. The molecule has 0 saturated heterocycles. The van der Waals surface area contributed by atoms with Crippen LogP contribution in [0.3, 0.4) is 0 Å². The van der Waals surface area contributed by atoms with E-state index >= 15 is 0 Å².